The van der Waals surface area contributed by atoms with Crippen molar-refractivity contribution in [3.8, 4) is 5.75 Å². The van der Waals surface area contributed by atoms with Crippen LogP contribution in [0.25, 0.3) is 0 Å². The number of carbonyl (C=O) groups excluding carboxylic acids is 1. The number of ketones is 1. The summed E-state index contributed by atoms with van der Waals surface area (Å²) in [5.74, 6) is -0.391. The van der Waals surface area contributed by atoms with Gasteiger partial charge in [0.2, 0.25) is 0 Å². The Hall–Kier alpha value is -1.42. The van der Waals surface area contributed by atoms with Crippen molar-refractivity contribution in [2.45, 2.75) is 25.7 Å². The fourth-order valence-electron chi connectivity index (χ4n) is 2.69. The number of Topliss-reactive ketones (excluding diaryl/α,β-unsaturated/α-hetero) is 1. The van der Waals surface area contributed by atoms with Gasteiger partial charge in [-0.2, -0.15) is 0 Å². The van der Waals surface area contributed by atoms with Crippen molar-refractivity contribution in [2.75, 3.05) is 13.7 Å². The fourth-order valence-corrected chi connectivity index (χ4v) is 2.69. The SMILES string of the molecule is COc1ccc(C(=O)C2(CN)CCCC2)cc1F. The van der Waals surface area contributed by atoms with Crippen molar-refractivity contribution in [1.82, 2.24) is 0 Å². The lowest BCUT2D eigenvalue weighted by atomic mass is 9.79. The van der Waals surface area contributed by atoms with E-state index in [0.29, 0.717) is 12.1 Å². The van der Waals surface area contributed by atoms with Crippen LogP contribution in [-0.2, 0) is 0 Å². The van der Waals surface area contributed by atoms with Crippen LogP contribution in [0.5, 0.6) is 5.75 Å². The van der Waals surface area contributed by atoms with Crippen molar-refractivity contribution in [3.05, 3.63) is 29.6 Å². The molecular formula is C14H18FNO2. The minimum absolute atomic E-state index is 0.0379. The number of hydrogen-bond donors (Lipinski definition) is 1. The first-order valence-electron chi connectivity index (χ1n) is 6.21. The van der Waals surface area contributed by atoms with Crippen LogP contribution in [0.4, 0.5) is 4.39 Å². The first kappa shape index (κ1) is 13.0. The second-order valence-corrected chi connectivity index (χ2v) is 4.87. The normalized spacial score (nSPS) is 17.7. The van der Waals surface area contributed by atoms with E-state index in [4.69, 9.17) is 10.5 Å². The van der Waals surface area contributed by atoms with Crippen LogP contribution in [-0.4, -0.2) is 19.4 Å². The van der Waals surface area contributed by atoms with Gasteiger partial charge in [-0.05, 0) is 31.0 Å². The van der Waals surface area contributed by atoms with Gasteiger partial charge in [-0.15, -0.1) is 0 Å². The van der Waals surface area contributed by atoms with Gasteiger partial charge in [0.05, 0.1) is 7.11 Å². The van der Waals surface area contributed by atoms with E-state index in [-0.39, 0.29) is 11.5 Å². The average Bonchev–Trinajstić information content (AvgIpc) is 2.87. The minimum Gasteiger partial charge on any atom is -0.494 e. The third kappa shape index (κ3) is 2.12. The molecule has 0 spiro atoms. The molecule has 0 aromatic heterocycles. The molecule has 0 atom stereocenters. The maximum atomic E-state index is 13.6. The standard InChI is InChI=1S/C14H18FNO2/c1-18-12-5-4-10(8-11(12)15)13(17)14(9-16)6-2-3-7-14/h4-5,8H,2-3,6-7,9,16H2,1H3. The van der Waals surface area contributed by atoms with Crippen molar-refractivity contribution in [2.24, 2.45) is 11.1 Å². The summed E-state index contributed by atoms with van der Waals surface area (Å²) in [5, 5.41) is 0. The molecule has 98 valence electrons. The Bertz CT molecular complexity index is 453. The van der Waals surface area contributed by atoms with E-state index in [1.807, 2.05) is 0 Å². The molecule has 1 aliphatic carbocycles. The molecule has 1 fully saturated rings. The molecule has 2 rings (SSSR count). The zero-order valence-corrected chi connectivity index (χ0v) is 10.5. The summed E-state index contributed by atoms with van der Waals surface area (Å²) >= 11 is 0. The second-order valence-electron chi connectivity index (χ2n) is 4.87. The Morgan fingerprint density at radius 1 is 1.44 bits per heavy atom. The lowest BCUT2D eigenvalue weighted by molar-refractivity contribution is 0.0809. The number of nitrogens with two attached hydrogens (primary N) is 1. The molecule has 1 aromatic carbocycles. The third-order valence-corrected chi connectivity index (χ3v) is 3.85. The van der Waals surface area contributed by atoms with Crippen LogP contribution in [0.1, 0.15) is 36.0 Å². The van der Waals surface area contributed by atoms with Gasteiger partial charge in [0.1, 0.15) is 0 Å². The van der Waals surface area contributed by atoms with Crippen LogP contribution in [0.3, 0.4) is 0 Å². The van der Waals surface area contributed by atoms with E-state index in [0.717, 1.165) is 25.7 Å². The van der Waals surface area contributed by atoms with E-state index < -0.39 is 11.2 Å². The highest BCUT2D eigenvalue weighted by Gasteiger charge is 2.40. The molecule has 1 aliphatic rings. The zero-order valence-electron chi connectivity index (χ0n) is 10.5. The summed E-state index contributed by atoms with van der Waals surface area (Å²) in [5.41, 5.74) is 5.67. The van der Waals surface area contributed by atoms with Crippen molar-refractivity contribution in [3.63, 3.8) is 0 Å². The quantitative estimate of drug-likeness (QED) is 0.837. The lowest BCUT2D eigenvalue weighted by Crippen LogP contribution is -2.36. The molecule has 1 aromatic rings. The smallest absolute Gasteiger partial charge is 0.170 e. The number of hydrogen-bond acceptors (Lipinski definition) is 3. The predicted octanol–water partition coefficient (Wildman–Crippen LogP) is 2.54. The first-order valence-corrected chi connectivity index (χ1v) is 6.21. The molecule has 1 saturated carbocycles. The van der Waals surface area contributed by atoms with Crippen LogP contribution in [0, 0.1) is 11.2 Å². The molecule has 0 saturated heterocycles. The zero-order chi connectivity index (χ0) is 13.2. The van der Waals surface area contributed by atoms with E-state index >= 15 is 0 Å². The number of benzene rings is 1. The van der Waals surface area contributed by atoms with Crippen molar-refractivity contribution < 1.29 is 13.9 Å². The Morgan fingerprint density at radius 3 is 2.61 bits per heavy atom. The summed E-state index contributed by atoms with van der Waals surface area (Å²) in [6.07, 6.45) is 3.63. The number of carbonyl (C=O) groups is 1. The number of methoxy groups -OCH3 is 1. The van der Waals surface area contributed by atoms with Gasteiger partial charge < -0.3 is 10.5 Å². The number of halogens is 1. The van der Waals surface area contributed by atoms with Crippen LogP contribution in [0.15, 0.2) is 18.2 Å². The summed E-state index contributed by atoms with van der Waals surface area (Å²) < 4.78 is 18.5. The molecule has 0 bridgehead atoms. The van der Waals surface area contributed by atoms with E-state index in [2.05, 4.69) is 0 Å². The average molecular weight is 251 g/mol. The number of ether oxygens (including phenoxy) is 1. The minimum atomic E-state index is -0.506. The Balaban J connectivity index is 2.31. The summed E-state index contributed by atoms with van der Waals surface area (Å²) in [6.45, 7) is 0.333. The number of rotatable bonds is 4. The molecule has 2 N–H and O–H groups in total. The van der Waals surface area contributed by atoms with Gasteiger partial charge >= 0.3 is 0 Å². The maximum Gasteiger partial charge on any atom is 0.170 e. The highest BCUT2D eigenvalue weighted by Crippen LogP contribution is 2.40. The molecule has 18 heavy (non-hydrogen) atoms. The van der Waals surface area contributed by atoms with Gasteiger partial charge in [0.25, 0.3) is 0 Å². The molecule has 3 nitrogen and oxygen atoms in total. The lowest BCUT2D eigenvalue weighted by Gasteiger charge is -2.25. The molecule has 0 unspecified atom stereocenters. The predicted molar refractivity (Wildman–Crippen MR) is 67.2 cm³/mol. The summed E-state index contributed by atoms with van der Waals surface area (Å²) in [4.78, 5) is 12.5. The van der Waals surface area contributed by atoms with Crippen molar-refractivity contribution >= 4 is 5.78 Å². The third-order valence-electron chi connectivity index (χ3n) is 3.85. The van der Waals surface area contributed by atoms with Gasteiger partial charge in [-0.3, -0.25) is 4.79 Å². The van der Waals surface area contributed by atoms with Gasteiger partial charge in [0, 0.05) is 17.5 Å². The largest absolute Gasteiger partial charge is 0.494 e. The highest BCUT2D eigenvalue weighted by atomic mass is 19.1. The molecule has 0 aliphatic heterocycles. The van der Waals surface area contributed by atoms with Crippen LogP contribution >= 0.6 is 0 Å². The Morgan fingerprint density at radius 2 is 2.11 bits per heavy atom. The molecular weight excluding hydrogens is 233 g/mol. The highest BCUT2D eigenvalue weighted by molar-refractivity contribution is 6.01. The molecule has 0 heterocycles. The molecule has 0 amide bonds. The Labute approximate surface area is 106 Å². The Kier molecular flexibility index (Phi) is 3.66. The van der Waals surface area contributed by atoms with E-state index in [1.54, 1.807) is 6.07 Å². The van der Waals surface area contributed by atoms with Gasteiger partial charge in [-0.1, -0.05) is 12.8 Å². The molecule has 4 heteroatoms. The van der Waals surface area contributed by atoms with Crippen molar-refractivity contribution in [1.29, 1.82) is 0 Å². The van der Waals surface area contributed by atoms with Gasteiger partial charge in [0.15, 0.2) is 17.3 Å². The topological polar surface area (TPSA) is 52.3 Å². The van der Waals surface area contributed by atoms with Crippen LogP contribution < -0.4 is 10.5 Å². The summed E-state index contributed by atoms with van der Waals surface area (Å²) in [7, 11) is 1.40. The maximum absolute atomic E-state index is 13.6. The van der Waals surface area contributed by atoms with Crippen LogP contribution in [0.2, 0.25) is 0 Å². The van der Waals surface area contributed by atoms with Gasteiger partial charge in [-0.25, -0.2) is 4.39 Å². The fraction of sp³-hybridized carbons (Fsp3) is 0.500. The summed E-state index contributed by atoms with van der Waals surface area (Å²) in [6, 6.07) is 4.35. The van der Waals surface area contributed by atoms with E-state index in [9.17, 15) is 9.18 Å². The monoisotopic (exact) mass is 251 g/mol. The molecule has 0 radical (unpaired) electrons. The first-order chi connectivity index (χ1) is 8.63. The second kappa shape index (κ2) is 5.06. The van der Waals surface area contributed by atoms with E-state index in [1.165, 1.54) is 19.2 Å².